The van der Waals surface area contributed by atoms with Gasteiger partial charge in [0.15, 0.2) is 0 Å². The number of hydrogen-bond donors (Lipinski definition) is 2. The Kier molecular flexibility index (Phi) is 5.87. The van der Waals surface area contributed by atoms with Crippen LogP contribution < -0.4 is 15.8 Å². The first kappa shape index (κ1) is 14.9. The normalized spacial score (nSPS) is 15.8. The van der Waals surface area contributed by atoms with Crippen LogP contribution in [0.4, 0.5) is 5.69 Å². The molecule has 0 aromatic heterocycles. The van der Waals surface area contributed by atoms with E-state index in [0.29, 0.717) is 25.5 Å². The Morgan fingerprint density at radius 1 is 1.30 bits per heavy atom. The van der Waals surface area contributed by atoms with Crippen molar-refractivity contribution in [3.63, 3.8) is 0 Å². The van der Waals surface area contributed by atoms with E-state index in [4.69, 9.17) is 10.5 Å². The fourth-order valence-electron chi connectivity index (χ4n) is 2.71. The van der Waals surface area contributed by atoms with E-state index >= 15 is 0 Å². The standard InChI is InChI=1S/C16H24N2O2/c17-9-10-20-15-8-4-7-14(12-15)18-16(19)11-13-5-2-1-3-6-13/h4,7-8,12-13H,1-3,5-6,9-11,17H2,(H,18,19). The SMILES string of the molecule is NCCOc1cccc(NC(=O)CC2CCCCC2)c1. The fraction of sp³-hybridized carbons (Fsp3) is 0.562. The maximum absolute atomic E-state index is 12.0. The van der Waals surface area contributed by atoms with Gasteiger partial charge in [-0.25, -0.2) is 0 Å². The third-order valence-electron chi connectivity index (χ3n) is 3.70. The summed E-state index contributed by atoms with van der Waals surface area (Å²) in [6, 6.07) is 7.47. The molecule has 1 fully saturated rings. The summed E-state index contributed by atoms with van der Waals surface area (Å²) >= 11 is 0. The van der Waals surface area contributed by atoms with Crippen LogP contribution >= 0.6 is 0 Å². The topological polar surface area (TPSA) is 64.3 Å². The lowest BCUT2D eigenvalue weighted by atomic mass is 9.87. The van der Waals surface area contributed by atoms with Gasteiger partial charge in [-0.2, -0.15) is 0 Å². The Hall–Kier alpha value is -1.55. The van der Waals surface area contributed by atoms with Crippen molar-refractivity contribution in [2.75, 3.05) is 18.5 Å². The van der Waals surface area contributed by atoms with E-state index in [1.807, 2.05) is 24.3 Å². The third-order valence-corrected chi connectivity index (χ3v) is 3.70. The Labute approximate surface area is 120 Å². The van der Waals surface area contributed by atoms with Crippen LogP contribution in [0, 0.1) is 5.92 Å². The van der Waals surface area contributed by atoms with Crippen molar-refractivity contribution in [1.29, 1.82) is 0 Å². The minimum absolute atomic E-state index is 0.105. The van der Waals surface area contributed by atoms with Crippen LogP contribution in [0.1, 0.15) is 38.5 Å². The number of nitrogens with two attached hydrogens (primary N) is 1. The molecule has 3 N–H and O–H groups in total. The van der Waals surface area contributed by atoms with E-state index < -0.39 is 0 Å². The molecule has 1 amide bonds. The lowest BCUT2D eigenvalue weighted by Gasteiger charge is -2.20. The number of amides is 1. The maximum Gasteiger partial charge on any atom is 0.224 e. The highest BCUT2D eigenvalue weighted by Gasteiger charge is 2.17. The second-order valence-corrected chi connectivity index (χ2v) is 5.42. The van der Waals surface area contributed by atoms with Crippen LogP contribution in [0.2, 0.25) is 0 Å². The van der Waals surface area contributed by atoms with Gasteiger partial charge in [-0.1, -0.05) is 25.3 Å². The molecule has 0 saturated heterocycles. The van der Waals surface area contributed by atoms with Crippen LogP contribution in [-0.2, 0) is 4.79 Å². The summed E-state index contributed by atoms with van der Waals surface area (Å²) in [5, 5.41) is 2.96. The molecule has 2 rings (SSSR count). The van der Waals surface area contributed by atoms with E-state index in [0.717, 1.165) is 11.4 Å². The van der Waals surface area contributed by atoms with Crippen LogP contribution in [0.25, 0.3) is 0 Å². The molecular formula is C16H24N2O2. The third kappa shape index (κ3) is 4.85. The van der Waals surface area contributed by atoms with Crippen molar-refractivity contribution in [3.8, 4) is 5.75 Å². The van der Waals surface area contributed by atoms with Gasteiger partial charge in [0.25, 0.3) is 0 Å². The van der Waals surface area contributed by atoms with Gasteiger partial charge in [0.2, 0.25) is 5.91 Å². The molecule has 20 heavy (non-hydrogen) atoms. The highest BCUT2D eigenvalue weighted by atomic mass is 16.5. The van der Waals surface area contributed by atoms with E-state index in [-0.39, 0.29) is 5.91 Å². The molecule has 0 bridgehead atoms. The average molecular weight is 276 g/mol. The van der Waals surface area contributed by atoms with Crippen molar-refractivity contribution in [3.05, 3.63) is 24.3 Å². The molecule has 0 spiro atoms. The highest BCUT2D eigenvalue weighted by molar-refractivity contribution is 5.91. The lowest BCUT2D eigenvalue weighted by molar-refractivity contribution is -0.117. The second-order valence-electron chi connectivity index (χ2n) is 5.42. The number of anilines is 1. The number of benzene rings is 1. The van der Waals surface area contributed by atoms with Gasteiger partial charge in [0.05, 0.1) is 0 Å². The van der Waals surface area contributed by atoms with Crippen LogP contribution in [0.15, 0.2) is 24.3 Å². The van der Waals surface area contributed by atoms with Crippen molar-refractivity contribution in [2.45, 2.75) is 38.5 Å². The molecule has 110 valence electrons. The van der Waals surface area contributed by atoms with Gasteiger partial charge in [-0.05, 0) is 30.9 Å². The van der Waals surface area contributed by atoms with Crippen molar-refractivity contribution >= 4 is 11.6 Å². The molecule has 0 aliphatic heterocycles. The number of nitrogens with one attached hydrogen (secondary N) is 1. The fourth-order valence-corrected chi connectivity index (χ4v) is 2.71. The number of carbonyl (C=O) groups is 1. The van der Waals surface area contributed by atoms with Gasteiger partial charge in [-0.3, -0.25) is 4.79 Å². The van der Waals surface area contributed by atoms with Crippen molar-refractivity contribution < 1.29 is 9.53 Å². The van der Waals surface area contributed by atoms with Crippen LogP contribution in [-0.4, -0.2) is 19.1 Å². The first-order valence-electron chi connectivity index (χ1n) is 7.50. The summed E-state index contributed by atoms with van der Waals surface area (Å²) in [4.78, 5) is 12.0. The summed E-state index contributed by atoms with van der Waals surface area (Å²) in [6.07, 6.45) is 6.85. The molecule has 1 aromatic rings. The molecule has 1 aromatic carbocycles. The van der Waals surface area contributed by atoms with Crippen LogP contribution in [0.5, 0.6) is 5.75 Å². The smallest absolute Gasteiger partial charge is 0.224 e. The number of ether oxygens (including phenoxy) is 1. The summed E-state index contributed by atoms with van der Waals surface area (Å²) < 4.78 is 5.45. The van der Waals surface area contributed by atoms with Gasteiger partial charge >= 0.3 is 0 Å². The van der Waals surface area contributed by atoms with E-state index in [9.17, 15) is 4.79 Å². The average Bonchev–Trinajstić information content (AvgIpc) is 2.46. The molecule has 1 aliphatic carbocycles. The minimum atomic E-state index is 0.105. The Morgan fingerprint density at radius 2 is 2.10 bits per heavy atom. The quantitative estimate of drug-likeness (QED) is 0.839. The van der Waals surface area contributed by atoms with E-state index in [2.05, 4.69) is 5.32 Å². The number of carbonyl (C=O) groups excluding carboxylic acids is 1. The van der Waals surface area contributed by atoms with Crippen molar-refractivity contribution in [1.82, 2.24) is 0 Å². The molecule has 0 atom stereocenters. The summed E-state index contributed by atoms with van der Waals surface area (Å²) in [5.74, 6) is 1.40. The van der Waals surface area contributed by atoms with E-state index in [1.165, 1.54) is 32.1 Å². The zero-order valence-corrected chi connectivity index (χ0v) is 11.9. The first-order valence-corrected chi connectivity index (χ1v) is 7.50. The van der Waals surface area contributed by atoms with Gasteiger partial charge < -0.3 is 15.8 Å². The van der Waals surface area contributed by atoms with Gasteiger partial charge in [0, 0.05) is 24.7 Å². The van der Waals surface area contributed by atoms with Crippen molar-refractivity contribution in [2.24, 2.45) is 11.7 Å². The monoisotopic (exact) mass is 276 g/mol. The highest BCUT2D eigenvalue weighted by Crippen LogP contribution is 2.26. The van der Waals surface area contributed by atoms with Gasteiger partial charge in [-0.15, -0.1) is 0 Å². The zero-order chi connectivity index (χ0) is 14.2. The Balaban J connectivity index is 1.83. The number of rotatable bonds is 6. The summed E-state index contributed by atoms with van der Waals surface area (Å²) in [7, 11) is 0. The molecular weight excluding hydrogens is 252 g/mol. The molecule has 0 unspecified atom stereocenters. The largest absolute Gasteiger partial charge is 0.492 e. The Bertz CT molecular complexity index is 428. The first-order chi connectivity index (χ1) is 9.78. The second kappa shape index (κ2) is 7.90. The predicted octanol–water partition coefficient (Wildman–Crippen LogP) is 2.93. The number of hydrogen-bond acceptors (Lipinski definition) is 3. The molecule has 0 radical (unpaired) electrons. The Morgan fingerprint density at radius 3 is 2.85 bits per heavy atom. The van der Waals surface area contributed by atoms with Crippen LogP contribution in [0.3, 0.4) is 0 Å². The molecule has 0 heterocycles. The maximum atomic E-state index is 12.0. The molecule has 1 saturated carbocycles. The molecule has 4 nitrogen and oxygen atoms in total. The van der Waals surface area contributed by atoms with Gasteiger partial charge in [0.1, 0.15) is 12.4 Å². The lowest BCUT2D eigenvalue weighted by Crippen LogP contribution is -2.18. The zero-order valence-electron chi connectivity index (χ0n) is 11.9. The predicted molar refractivity (Wildman–Crippen MR) is 80.8 cm³/mol. The summed E-state index contributed by atoms with van der Waals surface area (Å²) in [5.41, 5.74) is 6.20. The molecule has 4 heteroatoms. The summed E-state index contributed by atoms with van der Waals surface area (Å²) in [6.45, 7) is 0.970. The van der Waals surface area contributed by atoms with E-state index in [1.54, 1.807) is 0 Å². The minimum Gasteiger partial charge on any atom is -0.492 e. The molecule has 1 aliphatic rings.